The minimum absolute atomic E-state index is 0.135. The molecule has 0 atom stereocenters. The molecule has 4 rings (SSSR count). The number of anilines is 2. The number of hydrogen-bond donors (Lipinski definition) is 3. The molecular weight excluding hydrogens is 426 g/mol. The van der Waals surface area contributed by atoms with Crippen LogP contribution in [0.4, 0.5) is 11.4 Å². The molecule has 0 saturated heterocycles. The van der Waals surface area contributed by atoms with E-state index in [0.717, 1.165) is 43.2 Å². The van der Waals surface area contributed by atoms with Crippen LogP contribution < -0.4 is 26.8 Å². The third-order valence-corrected chi connectivity index (χ3v) is 6.16. The van der Waals surface area contributed by atoms with Gasteiger partial charge >= 0.3 is 0 Å². The molecule has 0 aromatic heterocycles. The monoisotopic (exact) mass is 451 g/mol. The predicted molar refractivity (Wildman–Crippen MR) is 128 cm³/mol. The van der Waals surface area contributed by atoms with Gasteiger partial charge in [-0.3, -0.25) is 14.4 Å². The van der Waals surface area contributed by atoms with Gasteiger partial charge in [-0.25, -0.2) is 0 Å². The third kappa shape index (κ3) is 5.19. The maximum absolute atomic E-state index is 12.4. The fourth-order valence-electron chi connectivity index (χ4n) is 4.01. The van der Waals surface area contributed by atoms with Gasteiger partial charge in [0, 0.05) is 29.7 Å². The van der Waals surface area contributed by atoms with E-state index in [0.29, 0.717) is 35.1 Å². The standard InChI is InChI=1S/C25H26ClN3O3/c26-19-11-7-16(8-12-19)13-14-27-25(32)18-9-5-17(6-10-18)15-28-21-22(24(31)23(21)30)29-20-3-1-2-4-20/h5-12,20,28-29H,1-4,13-15H2,(H,27,32). The van der Waals surface area contributed by atoms with Gasteiger partial charge in [-0.2, -0.15) is 0 Å². The van der Waals surface area contributed by atoms with Gasteiger partial charge in [0.25, 0.3) is 16.8 Å². The molecule has 0 unspecified atom stereocenters. The molecule has 1 aliphatic carbocycles. The zero-order chi connectivity index (χ0) is 22.5. The molecule has 0 radical (unpaired) electrons. The second-order valence-electron chi connectivity index (χ2n) is 8.22. The lowest BCUT2D eigenvalue weighted by atomic mass is 10.1. The number of carbonyl (C=O) groups is 1. The van der Waals surface area contributed by atoms with Crippen molar-refractivity contribution in [3.8, 4) is 0 Å². The van der Waals surface area contributed by atoms with Crippen LogP contribution in [0.3, 0.4) is 0 Å². The maximum atomic E-state index is 12.4. The number of benzene rings is 2. The summed E-state index contributed by atoms with van der Waals surface area (Å²) in [6.45, 7) is 0.938. The fraction of sp³-hybridized carbons (Fsp3) is 0.320. The lowest BCUT2D eigenvalue weighted by molar-refractivity contribution is 0.0954. The van der Waals surface area contributed by atoms with E-state index >= 15 is 0 Å². The Morgan fingerprint density at radius 1 is 0.875 bits per heavy atom. The summed E-state index contributed by atoms with van der Waals surface area (Å²) in [6, 6.07) is 15.0. The molecule has 6 nitrogen and oxygen atoms in total. The van der Waals surface area contributed by atoms with E-state index in [1.165, 1.54) is 0 Å². The van der Waals surface area contributed by atoms with Crippen LogP contribution in [0.25, 0.3) is 0 Å². The molecule has 7 heteroatoms. The van der Waals surface area contributed by atoms with Gasteiger partial charge in [0.05, 0.1) is 0 Å². The smallest absolute Gasteiger partial charge is 0.253 e. The summed E-state index contributed by atoms with van der Waals surface area (Å²) < 4.78 is 0. The highest BCUT2D eigenvalue weighted by atomic mass is 35.5. The maximum Gasteiger partial charge on any atom is 0.253 e. The van der Waals surface area contributed by atoms with E-state index in [4.69, 9.17) is 11.6 Å². The number of carbonyl (C=O) groups excluding carboxylic acids is 1. The van der Waals surface area contributed by atoms with E-state index < -0.39 is 10.9 Å². The van der Waals surface area contributed by atoms with Crippen LogP contribution in [0.5, 0.6) is 0 Å². The molecule has 166 valence electrons. The van der Waals surface area contributed by atoms with Gasteiger partial charge in [0.2, 0.25) is 0 Å². The highest BCUT2D eigenvalue weighted by Crippen LogP contribution is 2.24. The molecule has 3 aromatic carbocycles. The Bertz CT molecular complexity index is 1140. The Kier molecular flexibility index (Phi) is 6.90. The van der Waals surface area contributed by atoms with Crippen LogP contribution >= 0.6 is 11.6 Å². The zero-order valence-electron chi connectivity index (χ0n) is 17.7. The first-order valence-corrected chi connectivity index (χ1v) is 11.3. The third-order valence-electron chi connectivity index (χ3n) is 5.91. The van der Waals surface area contributed by atoms with Crippen molar-refractivity contribution in [3.63, 3.8) is 0 Å². The topological polar surface area (TPSA) is 87.3 Å². The van der Waals surface area contributed by atoms with Crippen LogP contribution in [0.2, 0.25) is 5.02 Å². The highest BCUT2D eigenvalue weighted by Gasteiger charge is 2.24. The van der Waals surface area contributed by atoms with Crippen LogP contribution in [0.15, 0.2) is 58.1 Å². The molecule has 3 aromatic rings. The second kappa shape index (κ2) is 10.0. The number of halogens is 1. The summed E-state index contributed by atoms with van der Waals surface area (Å²) in [6.07, 6.45) is 5.08. The lowest BCUT2D eigenvalue weighted by Gasteiger charge is -2.18. The largest absolute Gasteiger partial charge is 0.377 e. The SMILES string of the molecule is O=C(NCCc1ccc(Cl)cc1)c1ccc(CNc2c(NC3CCCC3)c(=O)c2=O)cc1. The van der Waals surface area contributed by atoms with E-state index in [-0.39, 0.29) is 11.9 Å². The first kappa shape index (κ1) is 22.1. The highest BCUT2D eigenvalue weighted by molar-refractivity contribution is 6.30. The summed E-state index contributed by atoms with van der Waals surface area (Å²) in [5.41, 5.74) is 2.47. The van der Waals surface area contributed by atoms with Gasteiger partial charge in [-0.1, -0.05) is 48.7 Å². The Hall–Kier alpha value is -3.12. The summed E-state index contributed by atoms with van der Waals surface area (Å²) in [4.78, 5) is 36.2. The van der Waals surface area contributed by atoms with Gasteiger partial charge in [-0.15, -0.1) is 0 Å². The number of rotatable bonds is 9. The molecule has 3 N–H and O–H groups in total. The van der Waals surface area contributed by atoms with Crippen molar-refractivity contribution in [1.82, 2.24) is 5.32 Å². The van der Waals surface area contributed by atoms with E-state index in [1.54, 1.807) is 12.1 Å². The second-order valence-corrected chi connectivity index (χ2v) is 8.65. The summed E-state index contributed by atoms with van der Waals surface area (Å²) in [5, 5.41) is 9.92. The van der Waals surface area contributed by atoms with E-state index in [1.807, 2.05) is 36.4 Å². The summed E-state index contributed by atoms with van der Waals surface area (Å²) in [5.74, 6) is -0.135. The number of hydrogen-bond acceptors (Lipinski definition) is 5. The van der Waals surface area contributed by atoms with Crippen LogP contribution in [0.1, 0.15) is 47.2 Å². The van der Waals surface area contributed by atoms with Gasteiger partial charge < -0.3 is 16.0 Å². The van der Waals surface area contributed by atoms with Crippen molar-refractivity contribution < 1.29 is 4.79 Å². The molecule has 0 bridgehead atoms. The normalized spacial score (nSPS) is 13.9. The van der Waals surface area contributed by atoms with E-state index in [2.05, 4.69) is 16.0 Å². The first-order valence-electron chi connectivity index (χ1n) is 11.0. The van der Waals surface area contributed by atoms with Gasteiger partial charge in [0.15, 0.2) is 0 Å². The molecule has 1 fully saturated rings. The zero-order valence-corrected chi connectivity index (χ0v) is 18.5. The Labute approximate surface area is 191 Å². The molecule has 1 amide bonds. The number of amides is 1. The quantitative estimate of drug-likeness (QED) is 0.430. The van der Waals surface area contributed by atoms with Gasteiger partial charge in [-0.05, 0) is 54.7 Å². The van der Waals surface area contributed by atoms with Gasteiger partial charge in [0.1, 0.15) is 11.4 Å². The summed E-state index contributed by atoms with van der Waals surface area (Å²) in [7, 11) is 0. The molecule has 1 saturated carbocycles. The molecule has 0 heterocycles. The molecular formula is C25H26ClN3O3. The molecule has 1 aliphatic rings. The fourth-order valence-corrected chi connectivity index (χ4v) is 4.14. The molecule has 0 spiro atoms. The Balaban J connectivity index is 1.27. The van der Waals surface area contributed by atoms with Crippen molar-refractivity contribution >= 4 is 28.9 Å². The first-order chi connectivity index (χ1) is 15.5. The van der Waals surface area contributed by atoms with Crippen molar-refractivity contribution in [2.75, 3.05) is 17.2 Å². The van der Waals surface area contributed by atoms with Crippen molar-refractivity contribution in [2.45, 2.75) is 44.7 Å². The molecule has 32 heavy (non-hydrogen) atoms. The summed E-state index contributed by atoms with van der Waals surface area (Å²) >= 11 is 5.88. The van der Waals surface area contributed by atoms with E-state index in [9.17, 15) is 14.4 Å². The van der Waals surface area contributed by atoms with Crippen molar-refractivity contribution in [2.24, 2.45) is 0 Å². The minimum atomic E-state index is -0.470. The number of nitrogens with one attached hydrogen (secondary N) is 3. The minimum Gasteiger partial charge on any atom is -0.377 e. The lowest BCUT2D eigenvalue weighted by Crippen LogP contribution is -2.39. The van der Waals surface area contributed by atoms with Crippen LogP contribution in [-0.4, -0.2) is 18.5 Å². The van der Waals surface area contributed by atoms with Crippen LogP contribution in [0, 0.1) is 0 Å². The van der Waals surface area contributed by atoms with Crippen LogP contribution in [-0.2, 0) is 13.0 Å². The Morgan fingerprint density at radius 3 is 2.19 bits per heavy atom. The molecule has 0 aliphatic heterocycles. The average Bonchev–Trinajstić information content (AvgIpc) is 3.33. The van der Waals surface area contributed by atoms with Crippen molar-refractivity contribution in [1.29, 1.82) is 0 Å². The van der Waals surface area contributed by atoms with Crippen molar-refractivity contribution in [3.05, 3.63) is 90.7 Å². The predicted octanol–water partition coefficient (Wildman–Crippen LogP) is 3.88. The Morgan fingerprint density at radius 2 is 1.50 bits per heavy atom. The average molecular weight is 452 g/mol.